The summed E-state index contributed by atoms with van der Waals surface area (Å²) in [7, 11) is 3.98. The lowest BCUT2D eigenvalue weighted by molar-refractivity contribution is -0.143. The Bertz CT molecular complexity index is 3840. The van der Waals surface area contributed by atoms with Gasteiger partial charge in [-0.15, -0.1) is 0 Å². The molecule has 5 nitrogen and oxygen atoms in total. The molecule has 5 heterocycles. The number of fused-ring (bicyclic) bond motifs is 14. The van der Waals surface area contributed by atoms with Gasteiger partial charge in [-0.25, -0.2) is 4.98 Å². The molecule has 0 fully saturated rings. The fraction of sp³-hybridized carbons (Fsp3) is 0.0784. The monoisotopic (exact) mass is 827 g/mol. The molecule has 0 amide bonds. The molecule has 5 aromatic heterocycles. The average Bonchev–Trinajstić information content (AvgIpc) is 3.98. The molecule has 12 aromatic rings. The minimum absolute atomic E-state index is 0.141. The summed E-state index contributed by atoms with van der Waals surface area (Å²) >= 11 is 0. The Balaban J connectivity index is 1.27. The summed E-state index contributed by atoms with van der Waals surface area (Å²) in [5.74, 6) is 0.331. The van der Waals surface area contributed by atoms with Crippen molar-refractivity contribution in [3.8, 4) is 22.6 Å². The minimum Gasteiger partial charge on any atom is -0.344 e. The second kappa shape index (κ2) is 12.5. The van der Waals surface area contributed by atoms with Gasteiger partial charge < -0.3 is 13.7 Å². The molecule has 0 radical (unpaired) electrons. The van der Waals surface area contributed by atoms with Crippen LogP contribution in [0.25, 0.3) is 110 Å². The van der Waals surface area contributed by atoms with E-state index in [9.17, 15) is 26.3 Å². The van der Waals surface area contributed by atoms with Gasteiger partial charge in [-0.2, -0.15) is 26.3 Å². The summed E-state index contributed by atoms with van der Waals surface area (Å²) < 4.78 is 96.4. The van der Waals surface area contributed by atoms with E-state index < -0.39 is 23.5 Å². The van der Waals surface area contributed by atoms with Gasteiger partial charge in [-0.05, 0) is 66.2 Å². The van der Waals surface area contributed by atoms with E-state index in [-0.39, 0.29) is 17.2 Å². The van der Waals surface area contributed by atoms with Crippen molar-refractivity contribution in [3.05, 3.63) is 163 Å². The molecule has 0 saturated heterocycles. The van der Waals surface area contributed by atoms with Crippen LogP contribution in [-0.4, -0.2) is 23.3 Å². The molecule has 0 saturated carbocycles. The third kappa shape index (κ3) is 4.96. The molecule has 11 heteroatoms. The van der Waals surface area contributed by atoms with E-state index in [1.807, 2.05) is 120 Å². The first kappa shape index (κ1) is 36.3. The van der Waals surface area contributed by atoms with E-state index in [2.05, 4.69) is 33.4 Å². The molecule has 0 spiro atoms. The van der Waals surface area contributed by atoms with E-state index in [1.165, 1.54) is 0 Å². The molecule has 302 valence electrons. The lowest BCUT2D eigenvalue weighted by Crippen LogP contribution is -2.11. The predicted octanol–water partition coefficient (Wildman–Crippen LogP) is 14.3. The van der Waals surface area contributed by atoms with E-state index in [0.717, 1.165) is 99.4 Å². The van der Waals surface area contributed by atoms with Crippen molar-refractivity contribution in [3.63, 3.8) is 0 Å². The fourth-order valence-electron chi connectivity index (χ4n) is 9.97. The summed E-state index contributed by atoms with van der Waals surface area (Å²) in [6.45, 7) is 0. The van der Waals surface area contributed by atoms with E-state index in [1.54, 1.807) is 12.3 Å². The molecule has 12 rings (SSSR count). The van der Waals surface area contributed by atoms with Crippen molar-refractivity contribution in [1.29, 1.82) is 0 Å². The zero-order valence-electron chi connectivity index (χ0n) is 32.9. The van der Waals surface area contributed by atoms with Crippen LogP contribution in [0.1, 0.15) is 11.1 Å². The Morgan fingerprint density at radius 2 is 0.855 bits per heavy atom. The molecule has 0 N–H and O–H groups in total. The zero-order chi connectivity index (χ0) is 42.4. The summed E-state index contributed by atoms with van der Waals surface area (Å²) in [5.41, 5.74) is 4.33. The molecule has 0 bridgehead atoms. The Hall–Kier alpha value is -7.53. The summed E-state index contributed by atoms with van der Waals surface area (Å²) in [6, 6.07) is 43.2. The summed E-state index contributed by atoms with van der Waals surface area (Å²) in [5, 5.41) is 7.38. The van der Waals surface area contributed by atoms with Crippen molar-refractivity contribution in [2.45, 2.75) is 12.4 Å². The highest BCUT2D eigenvalue weighted by molar-refractivity contribution is 6.27. The van der Waals surface area contributed by atoms with E-state index in [0.29, 0.717) is 11.5 Å². The normalized spacial score (nSPS) is 12.8. The molecule has 62 heavy (non-hydrogen) atoms. The predicted molar refractivity (Wildman–Crippen MR) is 236 cm³/mol. The van der Waals surface area contributed by atoms with Gasteiger partial charge in [0.25, 0.3) is 0 Å². The Labute approximate surface area is 347 Å². The molecular formula is C51H31F6N5. The van der Waals surface area contributed by atoms with Crippen molar-refractivity contribution in [2.75, 3.05) is 0 Å². The first-order valence-electron chi connectivity index (χ1n) is 20.0. The van der Waals surface area contributed by atoms with Crippen LogP contribution in [0.3, 0.4) is 0 Å². The Morgan fingerprint density at radius 1 is 0.419 bits per heavy atom. The number of para-hydroxylation sites is 4. The zero-order valence-corrected chi connectivity index (χ0v) is 32.9. The van der Waals surface area contributed by atoms with Crippen LogP contribution in [0.4, 0.5) is 26.3 Å². The van der Waals surface area contributed by atoms with Crippen LogP contribution < -0.4 is 0 Å². The smallest absolute Gasteiger partial charge is 0.344 e. The van der Waals surface area contributed by atoms with Crippen LogP contribution in [0, 0.1) is 0 Å². The molecule has 0 aliphatic carbocycles. The van der Waals surface area contributed by atoms with E-state index >= 15 is 0 Å². The molecule has 0 aliphatic rings. The Morgan fingerprint density at radius 3 is 1.35 bits per heavy atom. The summed E-state index contributed by atoms with van der Waals surface area (Å²) in [4.78, 5) is 5.15. The van der Waals surface area contributed by atoms with Gasteiger partial charge in [-0.1, -0.05) is 84.9 Å². The van der Waals surface area contributed by atoms with Gasteiger partial charge >= 0.3 is 12.4 Å². The van der Waals surface area contributed by atoms with Crippen LogP contribution in [-0.2, 0) is 26.4 Å². The lowest BCUT2D eigenvalue weighted by atomic mass is 9.98. The largest absolute Gasteiger partial charge is 0.416 e. The van der Waals surface area contributed by atoms with Crippen molar-refractivity contribution in [2.24, 2.45) is 14.1 Å². The average molecular weight is 828 g/mol. The number of aryl methyl sites for hydroxylation is 2. The van der Waals surface area contributed by atoms with Crippen LogP contribution in [0.15, 0.2) is 152 Å². The number of hydrogen-bond acceptors (Lipinski definition) is 1. The molecule has 0 atom stereocenters. The second-order valence-electron chi connectivity index (χ2n) is 15.9. The standard InChI is InChI=1S/C51H31F6N5/c1-59-38-15-7-5-13-35(38)46-42(59)21-19-33-31-11-3-9-17-40(31)61(48(33)46)44-27-58-45(26-37(44)28-23-29(50(52,53)54)25-30(24-28)51(55,56)57)62-41-18-10-4-12-32(41)34-20-22-43-47(49(34)62)36-14-6-8-16-39(36)60(43)2/h3-27H,1-2H3. The number of rotatable bonds is 3. The highest BCUT2D eigenvalue weighted by Gasteiger charge is 2.37. The number of benzene rings is 7. The number of aromatic nitrogens is 5. The maximum atomic E-state index is 14.7. The number of alkyl halides is 6. The SMILES string of the molecule is Cn1c2ccccc2c2c1ccc1c3ccccc3n(-c3cc(-c4cc(C(F)(F)F)cc(C(F)(F)F)c4)c(-n4c5ccccc5c5ccc6c(c7ccccc7n6C)c54)cn3)c12. The van der Waals surface area contributed by atoms with Crippen LogP contribution in [0.2, 0.25) is 0 Å². The number of halogens is 6. The van der Waals surface area contributed by atoms with Crippen molar-refractivity contribution >= 4 is 87.2 Å². The van der Waals surface area contributed by atoms with Gasteiger partial charge in [0.1, 0.15) is 5.82 Å². The maximum absolute atomic E-state index is 14.7. The van der Waals surface area contributed by atoms with Gasteiger partial charge in [0, 0.05) is 73.8 Å². The lowest BCUT2D eigenvalue weighted by Gasteiger charge is -2.19. The van der Waals surface area contributed by atoms with Gasteiger partial charge in [0.15, 0.2) is 0 Å². The van der Waals surface area contributed by atoms with E-state index in [4.69, 9.17) is 4.98 Å². The van der Waals surface area contributed by atoms with Crippen molar-refractivity contribution < 1.29 is 26.3 Å². The van der Waals surface area contributed by atoms with Gasteiger partial charge in [-0.3, -0.25) is 4.57 Å². The van der Waals surface area contributed by atoms with Crippen LogP contribution in [0.5, 0.6) is 0 Å². The highest BCUT2D eigenvalue weighted by atomic mass is 19.4. The number of pyridine rings is 1. The molecule has 0 aliphatic heterocycles. The molecule has 7 aromatic carbocycles. The molecular weight excluding hydrogens is 797 g/mol. The van der Waals surface area contributed by atoms with Gasteiger partial charge in [0.05, 0.1) is 56.1 Å². The minimum atomic E-state index is -5.07. The Kier molecular flexibility index (Phi) is 7.33. The third-order valence-corrected chi connectivity index (χ3v) is 12.7. The first-order chi connectivity index (χ1) is 29.9. The molecule has 0 unspecified atom stereocenters. The summed E-state index contributed by atoms with van der Waals surface area (Å²) in [6.07, 6.45) is -8.54. The van der Waals surface area contributed by atoms with Crippen molar-refractivity contribution in [1.82, 2.24) is 23.3 Å². The fourth-order valence-corrected chi connectivity index (χ4v) is 9.97. The number of hydrogen-bond donors (Lipinski definition) is 0. The first-order valence-corrected chi connectivity index (χ1v) is 20.0. The quantitative estimate of drug-likeness (QED) is 0.163. The maximum Gasteiger partial charge on any atom is 0.416 e. The van der Waals surface area contributed by atoms with Gasteiger partial charge in [0.2, 0.25) is 0 Å². The topological polar surface area (TPSA) is 32.6 Å². The number of nitrogens with zero attached hydrogens (tertiary/aromatic N) is 5. The highest BCUT2D eigenvalue weighted by Crippen LogP contribution is 2.46. The third-order valence-electron chi connectivity index (χ3n) is 12.7. The second-order valence-corrected chi connectivity index (χ2v) is 15.9. The van der Waals surface area contributed by atoms with Crippen LogP contribution >= 0.6 is 0 Å².